The zero-order valence-corrected chi connectivity index (χ0v) is 11.6. The second-order valence-corrected chi connectivity index (χ2v) is 6.66. The van der Waals surface area contributed by atoms with Crippen LogP contribution in [-0.4, -0.2) is 29.4 Å². The van der Waals surface area contributed by atoms with Crippen molar-refractivity contribution in [3.8, 4) is 0 Å². The number of fused-ring (bicyclic) bond motifs is 2. The molecule has 0 bridgehead atoms. The molecule has 0 spiro atoms. The van der Waals surface area contributed by atoms with Crippen LogP contribution in [0, 0.1) is 0 Å². The monoisotopic (exact) mass is 295 g/mol. The highest BCUT2D eigenvalue weighted by atomic mass is 35.5. The molecule has 1 aliphatic rings. The van der Waals surface area contributed by atoms with Crippen molar-refractivity contribution in [2.24, 2.45) is 0 Å². The van der Waals surface area contributed by atoms with E-state index in [0.29, 0.717) is 17.3 Å². The molecule has 98 valence electrons. The Bertz CT molecular complexity index is 793. The molecular weight excluding hydrogens is 286 g/mol. The number of hydrogen-bond acceptors (Lipinski definition) is 4. The fraction of sp³-hybridized carbons (Fsp3) is 0.167. The molecule has 0 atom stereocenters. The van der Waals surface area contributed by atoms with E-state index in [0.717, 1.165) is 17.4 Å². The van der Waals surface area contributed by atoms with Crippen LogP contribution in [0.2, 0.25) is 5.02 Å². The van der Waals surface area contributed by atoms with Crippen LogP contribution >= 0.6 is 11.6 Å². The van der Waals surface area contributed by atoms with Gasteiger partial charge in [0.25, 0.3) is 5.16 Å². The molecule has 0 unspecified atom stereocenters. The summed E-state index contributed by atoms with van der Waals surface area (Å²) in [6.07, 6.45) is 5.04. The van der Waals surface area contributed by atoms with Crippen molar-refractivity contribution < 1.29 is 8.42 Å². The Balaban J connectivity index is 2.22. The van der Waals surface area contributed by atoms with Crippen LogP contribution in [0.15, 0.2) is 23.4 Å². The minimum absolute atomic E-state index is 0.0531. The van der Waals surface area contributed by atoms with Gasteiger partial charge in [-0.15, -0.1) is 10.2 Å². The molecule has 3 rings (SSSR count). The van der Waals surface area contributed by atoms with Crippen LogP contribution in [0.25, 0.3) is 12.3 Å². The Labute approximate surface area is 115 Å². The number of benzene rings is 1. The number of halogens is 1. The van der Waals surface area contributed by atoms with Crippen molar-refractivity contribution in [1.29, 1.82) is 0 Å². The van der Waals surface area contributed by atoms with Gasteiger partial charge in [0, 0.05) is 23.9 Å². The maximum absolute atomic E-state index is 11.6. The summed E-state index contributed by atoms with van der Waals surface area (Å²) in [4.78, 5) is 0. The summed E-state index contributed by atoms with van der Waals surface area (Å²) in [7, 11) is -3.41. The van der Waals surface area contributed by atoms with E-state index >= 15 is 0 Å². The fourth-order valence-corrected chi connectivity index (χ4v) is 3.02. The first-order valence-electron chi connectivity index (χ1n) is 5.56. The van der Waals surface area contributed by atoms with Gasteiger partial charge in [-0.25, -0.2) is 8.42 Å². The molecule has 1 aromatic carbocycles. The molecule has 2 aromatic rings. The lowest BCUT2D eigenvalue weighted by Crippen LogP contribution is -2.06. The summed E-state index contributed by atoms with van der Waals surface area (Å²) in [5.74, 6) is 0.559. The highest BCUT2D eigenvalue weighted by Gasteiger charge is 2.22. The lowest BCUT2D eigenvalue weighted by Gasteiger charge is -2.04. The summed E-state index contributed by atoms with van der Waals surface area (Å²) in [5.41, 5.74) is 1.88. The van der Waals surface area contributed by atoms with Gasteiger partial charge in [0.05, 0.1) is 0 Å². The Morgan fingerprint density at radius 2 is 2.11 bits per heavy atom. The number of nitrogens with zero attached hydrogens (tertiary/aromatic N) is 3. The topological polar surface area (TPSA) is 64.8 Å². The Kier molecular flexibility index (Phi) is 2.72. The van der Waals surface area contributed by atoms with E-state index in [4.69, 9.17) is 11.6 Å². The quantitative estimate of drug-likeness (QED) is 0.687. The van der Waals surface area contributed by atoms with Gasteiger partial charge in [-0.2, -0.15) is 0 Å². The fourth-order valence-electron chi connectivity index (χ4n) is 2.06. The van der Waals surface area contributed by atoms with Gasteiger partial charge in [-0.3, -0.25) is 4.57 Å². The van der Waals surface area contributed by atoms with E-state index in [2.05, 4.69) is 10.2 Å². The predicted molar refractivity (Wildman–Crippen MR) is 72.6 cm³/mol. The molecule has 0 aliphatic carbocycles. The van der Waals surface area contributed by atoms with E-state index in [1.165, 1.54) is 4.57 Å². The van der Waals surface area contributed by atoms with Gasteiger partial charge in [-0.05, 0) is 23.3 Å². The summed E-state index contributed by atoms with van der Waals surface area (Å²) in [6.45, 7) is 0. The molecule has 0 radical (unpaired) electrons. The van der Waals surface area contributed by atoms with Crippen LogP contribution in [-0.2, 0) is 16.3 Å². The van der Waals surface area contributed by atoms with Gasteiger partial charge in [0.2, 0.25) is 9.84 Å². The summed E-state index contributed by atoms with van der Waals surface area (Å²) < 4.78 is 24.8. The SMILES string of the molecule is CS(=O)(=O)c1nnc2n1C=Cc1cccc(Cl)c1C2. The van der Waals surface area contributed by atoms with E-state index < -0.39 is 9.84 Å². The first-order chi connectivity index (χ1) is 8.97. The summed E-state index contributed by atoms with van der Waals surface area (Å²) in [6, 6.07) is 5.59. The molecule has 0 fully saturated rings. The largest absolute Gasteiger partial charge is 0.277 e. The summed E-state index contributed by atoms with van der Waals surface area (Å²) >= 11 is 6.17. The average molecular weight is 296 g/mol. The van der Waals surface area contributed by atoms with E-state index in [9.17, 15) is 8.42 Å². The van der Waals surface area contributed by atoms with Crippen LogP contribution in [0.5, 0.6) is 0 Å². The smallest absolute Gasteiger partial charge is 0.253 e. The minimum atomic E-state index is -3.41. The molecule has 0 saturated carbocycles. The number of aromatic nitrogens is 3. The van der Waals surface area contributed by atoms with Crippen LogP contribution in [0.4, 0.5) is 0 Å². The third kappa shape index (κ3) is 2.06. The van der Waals surface area contributed by atoms with Gasteiger partial charge in [0.1, 0.15) is 5.82 Å². The molecule has 0 N–H and O–H groups in total. The second kappa shape index (κ2) is 4.18. The first kappa shape index (κ1) is 12.4. The van der Waals surface area contributed by atoms with Crippen LogP contribution in [0.1, 0.15) is 17.0 Å². The summed E-state index contributed by atoms with van der Waals surface area (Å²) in [5, 5.41) is 8.28. The third-order valence-corrected chi connectivity index (χ3v) is 4.26. The minimum Gasteiger partial charge on any atom is -0.277 e. The molecule has 1 aliphatic heterocycles. The molecule has 1 aromatic heterocycles. The van der Waals surface area contributed by atoms with Crippen molar-refractivity contribution in [2.45, 2.75) is 11.6 Å². The molecular formula is C12H10ClN3O2S. The number of rotatable bonds is 1. The highest BCUT2D eigenvalue weighted by Crippen LogP contribution is 2.27. The van der Waals surface area contributed by atoms with Crippen molar-refractivity contribution in [1.82, 2.24) is 14.8 Å². The average Bonchev–Trinajstić information content (AvgIpc) is 2.64. The van der Waals surface area contributed by atoms with Crippen molar-refractivity contribution >= 4 is 33.7 Å². The molecule has 0 amide bonds. The lowest BCUT2D eigenvalue weighted by atomic mass is 10.1. The standard InChI is InChI=1S/C12H10ClN3O2S/c1-19(17,18)12-15-14-11-7-9-8(5-6-16(11)12)3-2-4-10(9)13/h2-6H,7H2,1H3. The second-order valence-electron chi connectivity index (χ2n) is 4.34. The number of hydrogen-bond donors (Lipinski definition) is 0. The zero-order chi connectivity index (χ0) is 13.6. The van der Waals surface area contributed by atoms with Gasteiger partial charge in [-0.1, -0.05) is 23.7 Å². The van der Waals surface area contributed by atoms with Crippen LogP contribution < -0.4 is 0 Å². The lowest BCUT2D eigenvalue weighted by molar-refractivity contribution is 0.590. The molecule has 0 saturated heterocycles. The van der Waals surface area contributed by atoms with Crippen molar-refractivity contribution in [3.63, 3.8) is 0 Å². The molecule has 7 heteroatoms. The molecule has 2 heterocycles. The van der Waals surface area contributed by atoms with E-state index in [1.54, 1.807) is 12.3 Å². The Morgan fingerprint density at radius 1 is 1.32 bits per heavy atom. The third-order valence-electron chi connectivity index (χ3n) is 2.96. The van der Waals surface area contributed by atoms with Gasteiger partial charge < -0.3 is 0 Å². The van der Waals surface area contributed by atoms with Crippen LogP contribution in [0.3, 0.4) is 0 Å². The first-order valence-corrected chi connectivity index (χ1v) is 7.83. The van der Waals surface area contributed by atoms with Gasteiger partial charge in [0.15, 0.2) is 0 Å². The molecule has 19 heavy (non-hydrogen) atoms. The van der Waals surface area contributed by atoms with E-state index in [-0.39, 0.29) is 5.16 Å². The Hall–Kier alpha value is -1.66. The Morgan fingerprint density at radius 3 is 2.84 bits per heavy atom. The van der Waals surface area contributed by atoms with Crippen molar-refractivity contribution in [3.05, 3.63) is 40.2 Å². The number of sulfone groups is 1. The van der Waals surface area contributed by atoms with Crippen molar-refractivity contribution in [2.75, 3.05) is 6.26 Å². The van der Waals surface area contributed by atoms with Gasteiger partial charge >= 0.3 is 0 Å². The molecule has 5 nitrogen and oxygen atoms in total. The zero-order valence-electron chi connectivity index (χ0n) is 10.0. The highest BCUT2D eigenvalue weighted by molar-refractivity contribution is 7.90. The maximum atomic E-state index is 11.6. The predicted octanol–water partition coefficient (Wildman–Crippen LogP) is 1.87. The normalized spacial score (nSPS) is 13.8. The maximum Gasteiger partial charge on any atom is 0.253 e. The van der Waals surface area contributed by atoms with E-state index in [1.807, 2.05) is 18.2 Å².